The van der Waals surface area contributed by atoms with E-state index in [0.717, 1.165) is 0 Å². The highest BCUT2D eigenvalue weighted by Crippen LogP contribution is 2.45. The smallest absolute Gasteiger partial charge is 0.299 e. The summed E-state index contributed by atoms with van der Waals surface area (Å²) in [5, 5.41) is -0.0829. The number of hydrogen-bond donors (Lipinski definition) is 1. The third-order valence-corrected chi connectivity index (χ3v) is 6.52. The van der Waals surface area contributed by atoms with Gasteiger partial charge in [0.25, 0.3) is 5.25 Å². The first kappa shape index (κ1) is 19.7. The predicted molar refractivity (Wildman–Crippen MR) is 96.8 cm³/mol. The zero-order valence-electron chi connectivity index (χ0n) is 13.0. The molecule has 0 heterocycles. The fourth-order valence-electron chi connectivity index (χ4n) is 1.90. The first-order valence-corrected chi connectivity index (χ1v) is 9.19. The molecule has 1 unspecified atom stereocenters. The minimum atomic E-state index is -2.81. The van der Waals surface area contributed by atoms with Gasteiger partial charge >= 0.3 is 0 Å². The number of carbonyl (C=O) groups is 1. The lowest BCUT2D eigenvalue weighted by Gasteiger charge is -2.32. The Bertz CT molecular complexity index is 482. The number of amides is 1. The highest BCUT2D eigenvalue weighted by Gasteiger charge is 2.38. The quantitative estimate of drug-likeness (QED) is 0.345. The molecule has 1 rings (SSSR count). The number of hydrogen-bond acceptors (Lipinski definition) is 2. The Morgan fingerprint density at radius 3 is 2.45 bits per heavy atom. The molecule has 0 spiro atoms. The van der Waals surface area contributed by atoms with Gasteiger partial charge < -0.3 is 5.32 Å². The van der Waals surface area contributed by atoms with Crippen molar-refractivity contribution in [3.8, 4) is 0 Å². The van der Waals surface area contributed by atoms with Gasteiger partial charge in [-0.15, -0.1) is 0 Å². The second-order valence-corrected chi connectivity index (χ2v) is 8.72. The maximum Gasteiger partial charge on any atom is 0.299 e. The van der Waals surface area contributed by atoms with Crippen LogP contribution >= 0.6 is 34.4 Å². The molecule has 124 valence electrons. The number of benzene rings is 1. The minimum absolute atomic E-state index is 0.0919. The summed E-state index contributed by atoms with van der Waals surface area (Å²) in [6.45, 7) is 5.91. The number of carbonyl (C=O) groups excluding carboxylic acids is 1. The topological polar surface area (TPSA) is 29.1 Å². The summed E-state index contributed by atoms with van der Waals surface area (Å²) >= 11 is 2.71. The van der Waals surface area contributed by atoms with Crippen LogP contribution in [0.2, 0.25) is 0 Å². The summed E-state index contributed by atoms with van der Waals surface area (Å²) in [7, 11) is 0. The first-order chi connectivity index (χ1) is 10.1. The van der Waals surface area contributed by atoms with Crippen molar-refractivity contribution in [1.29, 1.82) is 0 Å². The maximum atomic E-state index is 14.2. The van der Waals surface area contributed by atoms with Gasteiger partial charge in [-0.3, -0.25) is 4.79 Å². The van der Waals surface area contributed by atoms with Crippen molar-refractivity contribution in [3.63, 3.8) is 0 Å². The number of alkyl halides is 3. The van der Waals surface area contributed by atoms with E-state index in [1.807, 2.05) is 19.9 Å². The fourth-order valence-corrected chi connectivity index (χ4v) is 3.96. The van der Waals surface area contributed by atoms with Gasteiger partial charge in [0, 0.05) is 28.7 Å². The lowest BCUT2D eigenvalue weighted by Crippen LogP contribution is -2.33. The van der Waals surface area contributed by atoms with E-state index >= 15 is 0 Å². The average molecular weight is 441 g/mol. The number of halogens is 3. The fraction of sp³-hybridized carbons (Fsp3) is 0.562. The van der Waals surface area contributed by atoms with Gasteiger partial charge in [0.1, 0.15) is 0 Å². The summed E-state index contributed by atoms with van der Waals surface area (Å²) in [5.41, 5.74) is -0.274. The molecule has 0 bridgehead atoms. The molecule has 0 aliphatic carbocycles. The van der Waals surface area contributed by atoms with E-state index in [2.05, 4.69) is 27.9 Å². The van der Waals surface area contributed by atoms with Crippen molar-refractivity contribution in [2.45, 2.75) is 47.7 Å². The highest BCUT2D eigenvalue weighted by atomic mass is 127. The van der Waals surface area contributed by atoms with Crippen LogP contribution in [0.1, 0.15) is 33.6 Å². The molecule has 1 aromatic carbocycles. The largest absolute Gasteiger partial charge is 0.356 e. The molecule has 2 nitrogen and oxygen atoms in total. The van der Waals surface area contributed by atoms with Crippen molar-refractivity contribution in [2.75, 3.05) is 6.54 Å². The molecule has 1 amide bonds. The maximum absolute atomic E-state index is 14.2. The summed E-state index contributed by atoms with van der Waals surface area (Å²) in [4.78, 5) is 11.5. The molecule has 1 atom stereocenters. The predicted octanol–water partition coefficient (Wildman–Crippen LogP) is 5.12. The third-order valence-electron chi connectivity index (χ3n) is 3.42. The van der Waals surface area contributed by atoms with E-state index in [0.29, 0.717) is 29.6 Å². The summed E-state index contributed by atoms with van der Waals surface area (Å²) in [5.74, 6) is -0.0919. The second kappa shape index (κ2) is 8.47. The molecular weight excluding hydrogens is 419 g/mol. The van der Waals surface area contributed by atoms with Crippen LogP contribution in [0.15, 0.2) is 35.2 Å². The van der Waals surface area contributed by atoms with Crippen LogP contribution in [0.5, 0.6) is 0 Å². The number of nitrogens with one attached hydrogen (secondary N) is 1. The Balaban J connectivity index is 2.56. The second-order valence-electron chi connectivity index (χ2n) is 5.95. The van der Waals surface area contributed by atoms with Gasteiger partial charge in [0.05, 0.1) is 0 Å². The van der Waals surface area contributed by atoms with Gasteiger partial charge in [-0.2, -0.15) is 8.78 Å². The molecule has 0 saturated carbocycles. The van der Waals surface area contributed by atoms with E-state index in [1.54, 1.807) is 24.3 Å². The van der Waals surface area contributed by atoms with Crippen LogP contribution in [0.4, 0.5) is 8.78 Å². The highest BCUT2D eigenvalue weighted by molar-refractivity contribution is 14.1. The molecule has 0 aliphatic rings. The third kappa shape index (κ3) is 7.26. The molecule has 22 heavy (non-hydrogen) atoms. The van der Waals surface area contributed by atoms with Crippen LogP contribution in [0.25, 0.3) is 0 Å². The molecule has 0 aromatic heterocycles. The van der Waals surface area contributed by atoms with Crippen LogP contribution < -0.4 is 5.32 Å². The van der Waals surface area contributed by atoms with Crippen molar-refractivity contribution in [1.82, 2.24) is 5.32 Å². The van der Waals surface area contributed by atoms with Gasteiger partial charge in [0.15, 0.2) is 0 Å². The Morgan fingerprint density at radius 2 is 1.91 bits per heavy atom. The zero-order valence-corrected chi connectivity index (χ0v) is 16.0. The van der Waals surface area contributed by atoms with Crippen molar-refractivity contribution in [3.05, 3.63) is 30.3 Å². The summed E-state index contributed by atoms with van der Waals surface area (Å²) < 4.78 is 28.3. The van der Waals surface area contributed by atoms with Crippen LogP contribution in [0, 0.1) is 5.41 Å². The van der Waals surface area contributed by atoms with E-state index in [1.165, 1.54) is 6.92 Å². The Kier molecular flexibility index (Phi) is 7.58. The van der Waals surface area contributed by atoms with Crippen molar-refractivity contribution < 1.29 is 13.6 Å². The SMILES string of the molecule is CC(=O)NCCC(C)(C)C(I)CC(F)(F)Sc1ccccc1. The van der Waals surface area contributed by atoms with Crippen LogP contribution in [-0.4, -0.2) is 21.6 Å². The minimum Gasteiger partial charge on any atom is -0.356 e. The van der Waals surface area contributed by atoms with Crippen LogP contribution in [0.3, 0.4) is 0 Å². The molecule has 0 aliphatic heterocycles. The van der Waals surface area contributed by atoms with Crippen molar-refractivity contribution in [2.24, 2.45) is 5.41 Å². The lowest BCUT2D eigenvalue weighted by molar-refractivity contribution is -0.119. The van der Waals surface area contributed by atoms with Crippen molar-refractivity contribution >= 4 is 40.3 Å². The van der Waals surface area contributed by atoms with E-state index < -0.39 is 5.25 Å². The molecular formula is C16H22F2INOS. The van der Waals surface area contributed by atoms with Gasteiger partial charge in [-0.1, -0.05) is 66.4 Å². The molecule has 0 radical (unpaired) electrons. The zero-order chi connectivity index (χ0) is 16.8. The first-order valence-electron chi connectivity index (χ1n) is 7.13. The van der Waals surface area contributed by atoms with Crippen LogP contribution in [-0.2, 0) is 4.79 Å². The normalized spacial score (nSPS) is 13.7. The molecule has 6 heteroatoms. The average Bonchev–Trinajstić information content (AvgIpc) is 2.37. The number of thioether (sulfide) groups is 1. The van der Waals surface area contributed by atoms with E-state index in [4.69, 9.17) is 0 Å². The van der Waals surface area contributed by atoms with Gasteiger partial charge in [-0.05, 0) is 24.0 Å². The number of rotatable bonds is 8. The molecule has 0 fully saturated rings. The van der Waals surface area contributed by atoms with Gasteiger partial charge in [0.2, 0.25) is 5.91 Å². The van der Waals surface area contributed by atoms with E-state index in [9.17, 15) is 13.6 Å². The molecule has 1 aromatic rings. The lowest BCUT2D eigenvalue weighted by atomic mass is 9.84. The Morgan fingerprint density at radius 1 is 1.32 bits per heavy atom. The van der Waals surface area contributed by atoms with E-state index in [-0.39, 0.29) is 21.7 Å². The Labute approximate surface area is 149 Å². The molecule has 0 saturated heterocycles. The monoisotopic (exact) mass is 441 g/mol. The Hall–Kier alpha value is -0.370. The standard InChI is InChI=1S/C16H22F2INOS/c1-12(21)20-10-9-15(2,3)14(19)11-16(17,18)22-13-7-5-4-6-8-13/h4-8,14H,9-11H2,1-3H3,(H,20,21). The summed E-state index contributed by atoms with van der Waals surface area (Å²) in [6.07, 6.45) is 0.479. The summed E-state index contributed by atoms with van der Waals surface area (Å²) in [6, 6.07) is 8.73. The molecule has 1 N–H and O–H groups in total. The van der Waals surface area contributed by atoms with Gasteiger partial charge in [-0.25, -0.2) is 0 Å².